The van der Waals surface area contributed by atoms with E-state index in [-0.39, 0.29) is 6.03 Å². The SMILES string of the molecule is CNC(=O)N(C)c1ccon1. The highest BCUT2D eigenvalue weighted by Gasteiger charge is 2.09. The largest absolute Gasteiger partial charge is 0.363 e. The van der Waals surface area contributed by atoms with Crippen molar-refractivity contribution in [3.05, 3.63) is 12.3 Å². The Balaban J connectivity index is 2.70. The van der Waals surface area contributed by atoms with Gasteiger partial charge in [-0.2, -0.15) is 0 Å². The van der Waals surface area contributed by atoms with Crippen LogP contribution in [0.2, 0.25) is 0 Å². The smallest absolute Gasteiger partial charge is 0.322 e. The predicted molar refractivity (Wildman–Crippen MR) is 39.4 cm³/mol. The van der Waals surface area contributed by atoms with Crippen LogP contribution in [0.25, 0.3) is 0 Å². The second-order valence-corrected chi connectivity index (χ2v) is 1.97. The van der Waals surface area contributed by atoms with Gasteiger partial charge in [0.05, 0.1) is 0 Å². The second-order valence-electron chi connectivity index (χ2n) is 1.97. The van der Waals surface area contributed by atoms with Crippen LogP contribution in [0, 0.1) is 0 Å². The van der Waals surface area contributed by atoms with Gasteiger partial charge >= 0.3 is 6.03 Å². The number of rotatable bonds is 1. The van der Waals surface area contributed by atoms with Gasteiger partial charge in [-0.25, -0.2) is 4.79 Å². The summed E-state index contributed by atoms with van der Waals surface area (Å²) in [7, 11) is 3.16. The monoisotopic (exact) mass is 155 g/mol. The molecule has 1 rings (SSSR count). The molecule has 5 nitrogen and oxygen atoms in total. The molecule has 0 fully saturated rings. The van der Waals surface area contributed by atoms with Crippen LogP contribution in [0.15, 0.2) is 16.9 Å². The van der Waals surface area contributed by atoms with Gasteiger partial charge in [-0.05, 0) is 0 Å². The summed E-state index contributed by atoms with van der Waals surface area (Å²) in [5.41, 5.74) is 0. The van der Waals surface area contributed by atoms with E-state index >= 15 is 0 Å². The van der Waals surface area contributed by atoms with Crippen molar-refractivity contribution in [1.82, 2.24) is 10.5 Å². The molecule has 0 unspecified atom stereocenters. The number of carbonyl (C=O) groups excluding carboxylic acids is 1. The van der Waals surface area contributed by atoms with Crippen LogP contribution < -0.4 is 10.2 Å². The Kier molecular flexibility index (Phi) is 2.10. The lowest BCUT2D eigenvalue weighted by atomic mass is 10.6. The molecule has 1 heterocycles. The lowest BCUT2D eigenvalue weighted by Gasteiger charge is -2.11. The number of nitrogens with zero attached hydrogens (tertiary/aromatic N) is 2. The number of carbonyl (C=O) groups is 1. The molecule has 0 aliphatic carbocycles. The van der Waals surface area contributed by atoms with Gasteiger partial charge in [-0.1, -0.05) is 5.16 Å². The molecule has 0 atom stereocenters. The van der Waals surface area contributed by atoms with E-state index in [9.17, 15) is 4.79 Å². The summed E-state index contributed by atoms with van der Waals surface area (Å²) in [6.45, 7) is 0. The van der Waals surface area contributed by atoms with Gasteiger partial charge in [-0.3, -0.25) is 4.90 Å². The summed E-state index contributed by atoms with van der Waals surface area (Å²) in [4.78, 5) is 12.3. The molecular formula is C6H9N3O2. The molecule has 0 spiro atoms. The molecular weight excluding hydrogens is 146 g/mol. The summed E-state index contributed by atoms with van der Waals surface area (Å²) in [5.74, 6) is 0.490. The Hall–Kier alpha value is -1.52. The molecule has 1 N–H and O–H groups in total. The van der Waals surface area contributed by atoms with Gasteiger partial charge in [0, 0.05) is 20.2 Å². The lowest BCUT2D eigenvalue weighted by Crippen LogP contribution is -2.34. The van der Waals surface area contributed by atoms with Crippen molar-refractivity contribution in [2.45, 2.75) is 0 Å². The van der Waals surface area contributed by atoms with Gasteiger partial charge in [0.25, 0.3) is 0 Å². The summed E-state index contributed by atoms with van der Waals surface area (Å²) in [6, 6.07) is 1.38. The average molecular weight is 155 g/mol. The summed E-state index contributed by atoms with van der Waals surface area (Å²) < 4.78 is 4.56. The zero-order valence-electron chi connectivity index (χ0n) is 6.37. The Morgan fingerprint density at radius 3 is 3.00 bits per heavy atom. The summed E-state index contributed by atoms with van der Waals surface area (Å²) in [6.07, 6.45) is 1.41. The lowest BCUT2D eigenvalue weighted by molar-refractivity contribution is 0.249. The van der Waals surface area contributed by atoms with Crippen molar-refractivity contribution in [3.63, 3.8) is 0 Å². The predicted octanol–water partition coefficient (Wildman–Crippen LogP) is 0.450. The highest BCUT2D eigenvalue weighted by molar-refractivity contribution is 5.89. The molecule has 60 valence electrons. The first-order valence-corrected chi connectivity index (χ1v) is 3.11. The van der Waals surface area contributed by atoms with Crippen LogP contribution in [-0.2, 0) is 0 Å². The maximum absolute atomic E-state index is 10.9. The quantitative estimate of drug-likeness (QED) is 0.640. The second kappa shape index (κ2) is 3.05. The average Bonchev–Trinajstić information content (AvgIpc) is 2.53. The molecule has 1 aromatic heterocycles. The number of aromatic nitrogens is 1. The minimum Gasteiger partial charge on any atom is -0.363 e. The van der Waals surface area contributed by atoms with E-state index in [1.165, 1.54) is 11.2 Å². The Morgan fingerprint density at radius 1 is 1.82 bits per heavy atom. The molecule has 0 saturated heterocycles. The molecule has 1 aromatic rings. The number of hydrogen-bond acceptors (Lipinski definition) is 3. The molecule has 0 radical (unpaired) electrons. The zero-order chi connectivity index (χ0) is 8.27. The van der Waals surface area contributed by atoms with Gasteiger partial charge in [-0.15, -0.1) is 0 Å². The number of nitrogens with one attached hydrogen (secondary N) is 1. The van der Waals surface area contributed by atoms with E-state index in [0.717, 1.165) is 0 Å². The van der Waals surface area contributed by atoms with Gasteiger partial charge in [0.1, 0.15) is 6.26 Å². The third-order valence-corrected chi connectivity index (χ3v) is 1.29. The van der Waals surface area contributed by atoms with Gasteiger partial charge in [0.2, 0.25) is 0 Å². The van der Waals surface area contributed by atoms with Crippen molar-refractivity contribution >= 4 is 11.8 Å². The first-order chi connectivity index (χ1) is 5.25. The van der Waals surface area contributed by atoms with Crippen molar-refractivity contribution in [1.29, 1.82) is 0 Å². The van der Waals surface area contributed by atoms with E-state index in [1.807, 2.05) is 0 Å². The fourth-order valence-electron chi connectivity index (χ4n) is 0.651. The van der Waals surface area contributed by atoms with Gasteiger partial charge in [0.15, 0.2) is 5.82 Å². The molecule has 5 heteroatoms. The van der Waals surface area contributed by atoms with E-state index < -0.39 is 0 Å². The fraction of sp³-hybridized carbons (Fsp3) is 0.333. The Bertz CT molecular complexity index is 232. The van der Waals surface area contributed by atoms with E-state index in [4.69, 9.17) is 0 Å². The molecule has 0 saturated carbocycles. The van der Waals surface area contributed by atoms with E-state index in [2.05, 4.69) is 15.0 Å². The molecule has 11 heavy (non-hydrogen) atoms. The topological polar surface area (TPSA) is 58.4 Å². The van der Waals surface area contributed by atoms with Crippen LogP contribution in [0.1, 0.15) is 0 Å². The van der Waals surface area contributed by atoms with Gasteiger partial charge < -0.3 is 9.84 Å². The van der Waals surface area contributed by atoms with Crippen molar-refractivity contribution < 1.29 is 9.32 Å². The summed E-state index contributed by atoms with van der Waals surface area (Å²) >= 11 is 0. The zero-order valence-corrected chi connectivity index (χ0v) is 6.37. The van der Waals surface area contributed by atoms with Crippen LogP contribution >= 0.6 is 0 Å². The van der Waals surface area contributed by atoms with Crippen molar-refractivity contribution in [3.8, 4) is 0 Å². The third kappa shape index (κ3) is 1.49. The number of urea groups is 1. The highest BCUT2D eigenvalue weighted by Crippen LogP contribution is 2.06. The Morgan fingerprint density at radius 2 is 2.55 bits per heavy atom. The fourth-order valence-corrected chi connectivity index (χ4v) is 0.651. The third-order valence-electron chi connectivity index (χ3n) is 1.29. The molecule has 2 amide bonds. The number of hydrogen-bond donors (Lipinski definition) is 1. The van der Waals surface area contributed by atoms with Crippen molar-refractivity contribution in [2.75, 3.05) is 19.0 Å². The molecule has 0 bridgehead atoms. The minimum atomic E-state index is -0.223. The van der Waals surface area contributed by atoms with Crippen molar-refractivity contribution in [2.24, 2.45) is 0 Å². The maximum atomic E-state index is 10.9. The van der Waals surface area contributed by atoms with E-state index in [1.54, 1.807) is 20.2 Å². The van der Waals surface area contributed by atoms with Crippen LogP contribution in [0.5, 0.6) is 0 Å². The highest BCUT2D eigenvalue weighted by atomic mass is 16.5. The Labute approximate surface area is 64.0 Å². The maximum Gasteiger partial charge on any atom is 0.322 e. The number of anilines is 1. The molecule has 0 aliphatic heterocycles. The minimum absolute atomic E-state index is 0.223. The summed E-state index contributed by atoms with van der Waals surface area (Å²) in [5, 5.41) is 6.03. The van der Waals surface area contributed by atoms with E-state index in [0.29, 0.717) is 5.82 Å². The normalized spacial score (nSPS) is 9.27. The first kappa shape index (κ1) is 7.59. The van der Waals surface area contributed by atoms with Crippen LogP contribution in [-0.4, -0.2) is 25.3 Å². The number of amides is 2. The first-order valence-electron chi connectivity index (χ1n) is 3.11. The molecule has 0 aliphatic rings. The molecule has 0 aromatic carbocycles. The van der Waals surface area contributed by atoms with Crippen LogP contribution in [0.3, 0.4) is 0 Å². The van der Waals surface area contributed by atoms with Crippen LogP contribution in [0.4, 0.5) is 10.6 Å². The standard InChI is InChI=1S/C6H9N3O2/c1-7-6(10)9(2)5-3-4-11-8-5/h3-4H,1-2H3,(H,7,10).